The van der Waals surface area contributed by atoms with Crippen LogP contribution in [0.5, 0.6) is 0 Å². The fraction of sp³-hybridized carbons (Fsp3) is 0.429. The van der Waals surface area contributed by atoms with E-state index in [-0.39, 0.29) is 0 Å². The maximum absolute atomic E-state index is 4.58. The van der Waals surface area contributed by atoms with Gasteiger partial charge in [0.2, 0.25) is 0 Å². The molecular weight excluding hydrogens is 242 g/mol. The zero-order valence-corrected chi connectivity index (χ0v) is 11.5. The van der Waals surface area contributed by atoms with Gasteiger partial charge in [0.15, 0.2) is 0 Å². The summed E-state index contributed by atoms with van der Waals surface area (Å²) in [6.45, 7) is 5.28. The lowest BCUT2D eigenvalue weighted by Gasteiger charge is -2.09. The van der Waals surface area contributed by atoms with Gasteiger partial charge in [-0.2, -0.15) is 0 Å². The minimum atomic E-state index is 0.443. The molecule has 0 bridgehead atoms. The van der Waals surface area contributed by atoms with Gasteiger partial charge in [0.05, 0.1) is 11.4 Å². The van der Waals surface area contributed by atoms with Gasteiger partial charge in [-0.05, 0) is 45.4 Å². The highest BCUT2D eigenvalue weighted by molar-refractivity contribution is 7.15. The topological polar surface area (TPSA) is 37.8 Å². The number of aromatic nitrogens is 2. The summed E-state index contributed by atoms with van der Waals surface area (Å²) in [5, 5.41) is 4.54. The Hall–Kier alpha value is -1.26. The molecular formula is C14H17N3S. The second-order valence-corrected chi connectivity index (χ2v) is 5.98. The van der Waals surface area contributed by atoms with Crippen LogP contribution in [-0.4, -0.2) is 16.5 Å². The van der Waals surface area contributed by atoms with Crippen LogP contribution in [-0.2, 0) is 0 Å². The fourth-order valence-electron chi connectivity index (χ4n) is 2.27. The fourth-order valence-corrected chi connectivity index (χ4v) is 3.18. The molecule has 0 spiro atoms. The summed E-state index contributed by atoms with van der Waals surface area (Å²) >= 11 is 1.74. The van der Waals surface area contributed by atoms with Crippen molar-refractivity contribution in [1.82, 2.24) is 15.3 Å². The predicted molar refractivity (Wildman–Crippen MR) is 74.8 cm³/mol. The van der Waals surface area contributed by atoms with Crippen LogP contribution >= 0.6 is 11.3 Å². The third kappa shape index (κ3) is 2.18. The number of pyridine rings is 1. The van der Waals surface area contributed by atoms with Crippen LogP contribution < -0.4 is 5.32 Å². The monoisotopic (exact) mass is 259 g/mol. The molecule has 0 saturated carbocycles. The highest BCUT2D eigenvalue weighted by Crippen LogP contribution is 2.28. The Morgan fingerprint density at radius 3 is 2.78 bits per heavy atom. The Morgan fingerprint density at radius 1 is 1.33 bits per heavy atom. The van der Waals surface area contributed by atoms with Crippen LogP contribution in [0, 0.1) is 13.8 Å². The maximum atomic E-state index is 4.58. The first kappa shape index (κ1) is 11.8. The zero-order valence-electron chi connectivity index (χ0n) is 10.7. The highest BCUT2D eigenvalue weighted by Gasteiger charge is 2.17. The molecule has 1 saturated heterocycles. The van der Waals surface area contributed by atoms with Crippen LogP contribution in [0.2, 0.25) is 0 Å². The Kier molecular flexibility index (Phi) is 3.14. The van der Waals surface area contributed by atoms with Crippen molar-refractivity contribution in [2.45, 2.75) is 32.7 Å². The molecule has 3 rings (SSSR count). The van der Waals surface area contributed by atoms with E-state index in [4.69, 9.17) is 0 Å². The number of rotatable bonds is 2. The molecule has 94 valence electrons. The van der Waals surface area contributed by atoms with Gasteiger partial charge in [0.25, 0.3) is 0 Å². The van der Waals surface area contributed by atoms with Crippen molar-refractivity contribution in [3.8, 4) is 10.6 Å². The van der Waals surface area contributed by atoms with Crippen molar-refractivity contribution < 1.29 is 0 Å². The van der Waals surface area contributed by atoms with Crippen molar-refractivity contribution in [3.05, 3.63) is 34.6 Å². The largest absolute Gasteiger partial charge is 0.309 e. The van der Waals surface area contributed by atoms with Crippen LogP contribution in [0.15, 0.2) is 18.3 Å². The first-order valence-corrected chi connectivity index (χ1v) is 7.19. The predicted octanol–water partition coefficient (Wildman–Crippen LogP) is 3.25. The third-order valence-corrected chi connectivity index (χ3v) is 4.60. The lowest BCUT2D eigenvalue weighted by molar-refractivity contribution is 0.628. The number of nitrogens with one attached hydrogen (secondary N) is 1. The average Bonchev–Trinajstić information content (AvgIpc) is 3.01. The van der Waals surface area contributed by atoms with E-state index in [1.807, 2.05) is 6.20 Å². The molecule has 1 fully saturated rings. The molecule has 0 aliphatic carbocycles. The molecule has 2 aromatic rings. The van der Waals surface area contributed by atoms with Gasteiger partial charge in [0.1, 0.15) is 5.01 Å². The minimum Gasteiger partial charge on any atom is -0.309 e. The Bertz CT molecular complexity index is 519. The summed E-state index contributed by atoms with van der Waals surface area (Å²) in [6.07, 6.45) is 4.40. The lowest BCUT2D eigenvalue weighted by Crippen LogP contribution is -2.13. The van der Waals surface area contributed by atoms with E-state index in [1.165, 1.54) is 17.7 Å². The van der Waals surface area contributed by atoms with Crippen LogP contribution in [0.4, 0.5) is 0 Å². The van der Waals surface area contributed by atoms with E-state index in [0.717, 1.165) is 28.5 Å². The van der Waals surface area contributed by atoms with Gasteiger partial charge in [-0.1, -0.05) is 0 Å². The van der Waals surface area contributed by atoms with E-state index in [9.17, 15) is 0 Å². The summed E-state index contributed by atoms with van der Waals surface area (Å²) in [5.74, 6) is 0. The summed E-state index contributed by atoms with van der Waals surface area (Å²) in [4.78, 5) is 10.4. The second-order valence-electron chi connectivity index (χ2n) is 4.78. The van der Waals surface area contributed by atoms with Crippen molar-refractivity contribution in [2.75, 3.05) is 6.54 Å². The molecule has 18 heavy (non-hydrogen) atoms. The first-order chi connectivity index (χ1) is 8.74. The smallest absolute Gasteiger partial charge is 0.125 e. The number of hydrogen-bond donors (Lipinski definition) is 1. The summed E-state index contributed by atoms with van der Waals surface area (Å²) in [5.41, 5.74) is 3.40. The lowest BCUT2D eigenvalue weighted by atomic mass is 10.1. The second kappa shape index (κ2) is 4.78. The first-order valence-electron chi connectivity index (χ1n) is 6.38. The van der Waals surface area contributed by atoms with E-state index < -0.39 is 0 Å². The van der Waals surface area contributed by atoms with Crippen LogP contribution in [0.25, 0.3) is 10.6 Å². The molecule has 1 aliphatic rings. The van der Waals surface area contributed by atoms with Gasteiger partial charge in [-0.3, -0.25) is 4.98 Å². The Balaban J connectivity index is 1.86. The highest BCUT2D eigenvalue weighted by atomic mass is 32.1. The Morgan fingerprint density at radius 2 is 2.22 bits per heavy atom. The molecule has 2 aromatic heterocycles. The van der Waals surface area contributed by atoms with Gasteiger partial charge in [-0.15, -0.1) is 11.3 Å². The van der Waals surface area contributed by atoms with E-state index >= 15 is 0 Å². The Labute approximate surface area is 111 Å². The molecule has 0 amide bonds. The molecule has 1 atom stereocenters. The summed E-state index contributed by atoms with van der Waals surface area (Å²) in [7, 11) is 0. The molecule has 0 aromatic carbocycles. The molecule has 3 nitrogen and oxygen atoms in total. The average molecular weight is 259 g/mol. The summed E-state index contributed by atoms with van der Waals surface area (Å²) in [6, 6.07) is 4.71. The molecule has 4 heteroatoms. The van der Waals surface area contributed by atoms with Gasteiger partial charge < -0.3 is 5.32 Å². The van der Waals surface area contributed by atoms with Gasteiger partial charge >= 0.3 is 0 Å². The quantitative estimate of drug-likeness (QED) is 0.899. The number of aryl methyl sites for hydroxylation is 2. The van der Waals surface area contributed by atoms with Crippen molar-refractivity contribution in [1.29, 1.82) is 0 Å². The van der Waals surface area contributed by atoms with E-state index in [2.05, 4.69) is 41.3 Å². The van der Waals surface area contributed by atoms with Gasteiger partial charge in [-0.25, -0.2) is 4.98 Å². The van der Waals surface area contributed by atoms with Crippen molar-refractivity contribution in [2.24, 2.45) is 0 Å². The van der Waals surface area contributed by atoms with Crippen LogP contribution in [0.1, 0.15) is 35.1 Å². The SMILES string of the molecule is Cc1nc(-c2ccc(C3CCCN3)nc2)sc1C. The maximum Gasteiger partial charge on any atom is 0.125 e. The normalized spacial score (nSPS) is 19.3. The molecule has 1 unspecified atom stereocenters. The molecule has 3 heterocycles. The third-order valence-electron chi connectivity index (χ3n) is 3.48. The zero-order chi connectivity index (χ0) is 12.5. The van der Waals surface area contributed by atoms with Crippen molar-refractivity contribution >= 4 is 11.3 Å². The minimum absolute atomic E-state index is 0.443. The van der Waals surface area contributed by atoms with Crippen molar-refractivity contribution in [3.63, 3.8) is 0 Å². The number of thiazole rings is 1. The van der Waals surface area contributed by atoms with Crippen LogP contribution in [0.3, 0.4) is 0 Å². The van der Waals surface area contributed by atoms with E-state index in [1.54, 1.807) is 11.3 Å². The standard InChI is InChI=1S/C14H17N3S/c1-9-10(2)18-14(17-9)11-5-6-13(16-8-11)12-4-3-7-15-12/h5-6,8,12,15H,3-4,7H2,1-2H3. The number of nitrogens with zero attached hydrogens (tertiary/aromatic N) is 2. The number of hydrogen-bond acceptors (Lipinski definition) is 4. The van der Waals surface area contributed by atoms with E-state index in [0.29, 0.717) is 6.04 Å². The van der Waals surface area contributed by atoms with Gasteiger partial charge in [0, 0.05) is 22.7 Å². The molecule has 1 aliphatic heterocycles. The molecule has 1 N–H and O–H groups in total. The summed E-state index contributed by atoms with van der Waals surface area (Å²) < 4.78 is 0. The molecule has 0 radical (unpaired) electrons.